The SMILES string of the molecule is CC1CCN(c2ccc([N+](=O)[O-])cc2C(=O)N(C)Cc2cnn(Cc3ccccc3)c2)CC1. The molecule has 0 bridgehead atoms. The highest BCUT2D eigenvalue weighted by atomic mass is 16.6. The predicted molar refractivity (Wildman–Crippen MR) is 127 cm³/mol. The van der Waals surface area contributed by atoms with Crippen molar-refractivity contribution in [3.8, 4) is 0 Å². The zero-order valence-corrected chi connectivity index (χ0v) is 19.1. The molecule has 1 amide bonds. The molecule has 1 fully saturated rings. The Morgan fingerprint density at radius 1 is 1.15 bits per heavy atom. The molecular formula is C25H29N5O3. The minimum Gasteiger partial charge on any atom is -0.371 e. The summed E-state index contributed by atoms with van der Waals surface area (Å²) in [4.78, 5) is 28.1. The summed E-state index contributed by atoms with van der Waals surface area (Å²) >= 11 is 0. The van der Waals surface area contributed by atoms with Crippen LogP contribution in [-0.4, -0.2) is 45.6 Å². The lowest BCUT2D eigenvalue weighted by atomic mass is 9.97. The summed E-state index contributed by atoms with van der Waals surface area (Å²) in [5.41, 5.74) is 3.12. The molecule has 172 valence electrons. The molecule has 0 saturated carbocycles. The zero-order chi connectivity index (χ0) is 23.4. The Morgan fingerprint density at radius 3 is 2.58 bits per heavy atom. The number of non-ortho nitro benzene ring substituents is 1. The van der Waals surface area contributed by atoms with E-state index >= 15 is 0 Å². The number of nitrogens with zero attached hydrogens (tertiary/aromatic N) is 5. The summed E-state index contributed by atoms with van der Waals surface area (Å²) in [6.07, 6.45) is 5.77. The molecule has 0 aliphatic carbocycles. The lowest BCUT2D eigenvalue weighted by molar-refractivity contribution is -0.384. The third kappa shape index (κ3) is 5.39. The van der Waals surface area contributed by atoms with Gasteiger partial charge in [0.05, 0.1) is 28.9 Å². The molecule has 0 spiro atoms. The molecule has 1 saturated heterocycles. The molecule has 0 atom stereocenters. The molecule has 2 aromatic carbocycles. The van der Waals surface area contributed by atoms with Crippen molar-refractivity contribution in [1.82, 2.24) is 14.7 Å². The van der Waals surface area contributed by atoms with Crippen molar-refractivity contribution in [3.05, 3.63) is 87.7 Å². The Hall–Kier alpha value is -3.68. The number of nitro benzene ring substituents is 1. The molecule has 0 unspecified atom stereocenters. The van der Waals surface area contributed by atoms with Gasteiger partial charge in [-0.1, -0.05) is 37.3 Å². The van der Waals surface area contributed by atoms with Crippen LogP contribution in [0.5, 0.6) is 0 Å². The Bertz CT molecular complexity index is 1120. The molecule has 1 aliphatic rings. The van der Waals surface area contributed by atoms with Crippen molar-refractivity contribution in [2.75, 3.05) is 25.0 Å². The number of amides is 1. The van der Waals surface area contributed by atoms with E-state index in [0.29, 0.717) is 24.6 Å². The molecule has 33 heavy (non-hydrogen) atoms. The number of hydrogen-bond acceptors (Lipinski definition) is 5. The third-order valence-electron chi connectivity index (χ3n) is 6.19. The zero-order valence-electron chi connectivity index (χ0n) is 19.1. The van der Waals surface area contributed by atoms with Crippen LogP contribution in [0.3, 0.4) is 0 Å². The van der Waals surface area contributed by atoms with Gasteiger partial charge in [0.25, 0.3) is 11.6 Å². The third-order valence-corrected chi connectivity index (χ3v) is 6.19. The maximum atomic E-state index is 13.4. The van der Waals surface area contributed by atoms with Crippen LogP contribution >= 0.6 is 0 Å². The molecule has 1 aromatic heterocycles. The summed E-state index contributed by atoms with van der Waals surface area (Å²) in [6.45, 7) is 4.93. The van der Waals surface area contributed by atoms with Crippen LogP contribution in [0.1, 0.15) is 41.3 Å². The van der Waals surface area contributed by atoms with E-state index < -0.39 is 4.92 Å². The number of benzene rings is 2. The smallest absolute Gasteiger partial charge is 0.270 e. The van der Waals surface area contributed by atoms with Gasteiger partial charge < -0.3 is 9.80 Å². The first-order chi connectivity index (χ1) is 15.9. The van der Waals surface area contributed by atoms with E-state index in [0.717, 1.165) is 42.7 Å². The normalized spacial score (nSPS) is 14.3. The first-order valence-corrected chi connectivity index (χ1v) is 11.2. The van der Waals surface area contributed by atoms with Crippen molar-refractivity contribution in [3.63, 3.8) is 0 Å². The first-order valence-electron chi connectivity index (χ1n) is 11.2. The van der Waals surface area contributed by atoms with E-state index in [-0.39, 0.29) is 11.6 Å². The van der Waals surface area contributed by atoms with Gasteiger partial charge in [-0.25, -0.2) is 0 Å². The van der Waals surface area contributed by atoms with Gasteiger partial charge in [-0.05, 0) is 30.4 Å². The average molecular weight is 448 g/mol. The molecule has 8 heteroatoms. The number of hydrogen-bond donors (Lipinski definition) is 0. The number of aromatic nitrogens is 2. The Morgan fingerprint density at radius 2 is 1.88 bits per heavy atom. The van der Waals surface area contributed by atoms with Gasteiger partial charge in [-0.3, -0.25) is 19.6 Å². The summed E-state index contributed by atoms with van der Waals surface area (Å²) in [6, 6.07) is 14.7. The van der Waals surface area contributed by atoms with Crippen LogP contribution in [0.25, 0.3) is 0 Å². The van der Waals surface area contributed by atoms with E-state index in [2.05, 4.69) is 16.9 Å². The fourth-order valence-corrected chi connectivity index (χ4v) is 4.23. The molecule has 1 aliphatic heterocycles. The number of nitro groups is 1. The van der Waals surface area contributed by atoms with E-state index in [1.807, 2.05) is 41.2 Å². The largest absolute Gasteiger partial charge is 0.371 e. The lowest BCUT2D eigenvalue weighted by Crippen LogP contribution is -2.35. The van der Waals surface area contributed by atoms with E-state index in [1.54, 1.807) is 24.2 Å². The van der Waals surface area contributed by atoms with Gasteiger partial charge in [0.1, 0.15) is 0 Å². The second-order valence-corrected chi connectivity index (χ2v) is 8.82. The number of rotatable bonds is 7. The molecule has 2 heterocycles. The second-order valence-electron chi connectivity index (χ2n) is 8.82. The number of carbonyl (C=O) groups is 1. The van der Waals surface area contributed by atoms with Gasteiger partial charge in [0.2, 0.25) is 0 Å². The summed E-state index contributed by atoms with van der Waals surface area (Å²) in [5.74, 6) is 0.414. The van der Waals surface area contributed by atoms with E-state index in [9.17, 15) is 14.9 Å². The highest BCUT2D eigenvalue weighted by molar-refractivity contribution is 6.00. The van der Waals surface area contributed by atoms with Crippen LogP contribution in [0.15, 0.2) is 60.9 Å². The quantitative estimate of drug-likeness (QED) is 0.397. The van der Waals surface area contributed by atoms with Crippen LogP contribution < -0.4 is 4.90 Å². The second kappa shape index (κ2) is 9.85. The Labute approximate surface area is 193 Å². The number of anilines is 1. The molecule has 3 aromatic rings. The average Bonchev–Trinajstić information content (AvgIpc) is 3.25. The highest BCUT2D eigenvalue weighted by Gasteiger charge is 2.25. The number of piperidine rings is 1. The number of carbonyl (C=O) groups excluding carboxylic acids is 1. The maximum Gasteiger partial charge on any atom is 0.270 e. The van der Waals surface area contributed by atoms with Crippen molar-refractivity contribution in [1.29, 1.82) is 0 Å². The van der Waals surface area contributed by atoms with Crippen molar-refractivity contribution >= 4 is 17.3 Å². The molecular weight excluding hydrogens is 418 g/mol. The van der Waals surface area contributed by atoms with Crippen LogP contribution in [0.4, 0.5) is 11.4 Å². The van der Waals surface area contributed by atoms with Gasteiger partial charge in [-0.2, -0.15) is 5.10 Å². The monoisotopic (exact) mass is 447 g/mol. The highest BCUT2D eigenvalue weighted by Crippen LogP contribution is 2.30. The minimum atomic E-state index is -0.452. The molecule has 0 N–H and O–H groups in total. The van der Waals surface area contributed by atoms with Gasteiger partial charge in [0, 0.05) is 50.6 Å². The summed E-state index contributed by atoms with van der Waals surface area (Å²) in [7, 11) is 1.72. The summed E-state index contributed by atoms with van der Waals surface area (Å²) in [5, 5.41) is 15.8. The van der Waals surface area contributed by atoms with Crippen LogP contribution in [-0.2, 0) is 13.1 Å². The maximum absolute atomic E-state index is 13.4. The van der Waals surface area contributed by atoms with Gasteiger partial charge >= 0.3 is 0 Å². The fraction of sp³-hybridized carbons (Fsp3) is 0.360. The minimum absolute atomic E-state index is 0.0726. The lowest BCUT2D eigenvalue weighted by Gasteiger charge is -2.33. The van der Waals surface area contributed by atoms with E-state index in [1.165, 1.54) is 12.1 Å². The van der Waals surface area contributed by atoms with Crippen molar-refractivity contribution < 1.29 is 9.72 Å². The molecule has 4 rings (SSSR count). The van der Waals surface area contributed by atoms with Crippen LogP contribution in [0.2, 0.25) is 0 Å². The van der Waals surface area contributed by atoms with Crippen molar-refractivity contribution in [2.45, 2.75) is 32.9 Å². The van der Waals surface area contributed by atoms with Crippen LogP contribution in [0, 0.1) is 16.0 Å². The fourth-order valence-electron chi connectivity index (χ4n) is 4.23. The molecule has 8 nitrogen and oxygen atoms in total. The van der Waals surface area contributed by atoms with Gasteiger partial charge in [0.15, 0.2) is 0 Å². The summed E-state index contributed by atoms with van der Waals surface area (Å²) < 4.78 is 1.84. The predicted octanol–water partition coefficient (Wildman–Crippen LogP) is 4.35. The standard InChI is InChI=1S/C25H29N5O3/c1-19-10-12-28(13-11-19)24-9-8-22(30(32)33)14-23(24)25(31)27(2)16-21-15-26-29(18-21)17-20-6-4-3-5-7-20/h3-9,14-15,18-19H,10-13,16-17H2,1-2H3. The van der Waals surface area contributed by atoms with E-state index in [4.69, 9.17) is 0 Å². The Balaban J connectivity index is 1.51. The first kappa shape index (κ1) is 22.5. The Kier molecular flexibility index (Phi) is 6.72. The molecule has 0 radical (unpaired) electrons. The van der Waals surface area contributed by atoms with Gasteiger partial charge in [-0.15, -0.1) is 0 Å². The van der Waals surface area contributed by atoms with Crippen molar-refractivity contribution in [2.24, 2.45) is 5.92 Å². The topological polar surface area (TPSA) is 84.5 Å².